The summed E-state index contributed by atoms with van der Waals surface area (Å²) in [6.45, 7) is 7.00. The fourth-order valence-electron chi connectivity index (χ4n) is 1.97. The number of rotatable bonds is 5. The SMILES string of the molecule is CCCNC(=O)Cc1ccc2nc(C(C)C)[nH]c2c1. The van der Waals surface area contributed by atoms with E-state index in [1.165, 1.54) is 0 Å². The Kier molecular flexibility index (Phi) is 4.20. The van der Waals surface area contributed by atoms with E-state index in [0.29, 0.717) is 12.3 Å². The number of hydrogen-bond donors (Lipinski definition) is 2. The third-order valence-electron chi connectivity index (χ3n) is 3.05. The van der Waals surface area contributed by atoms with Crippen molar-refractivity contribution in [3.8, 4) is 0 Å². The molecule has 0 radical (unpaired) electrons. The number of hydrogen-bond acceptors (Lipinski definition) is 2. The van der Waals surface area contributed by atoms with Crippen LogP contribution in [0.3, 0.4) is 0 Å². The van der Waals surface area contributed by atoms with Gasteiger partial charge in [0.05, 0.1) is 17.5 Å². The van der Waals surface area contributed by atoms with E-state index in [9.17, 15) is 4.79 Å². The van der Waals surface area contributed by atoms with Crippen molar-refractivity contribution in [3.05, 3.63) is 29.6 Å². The summed E-state index contributed by atoms with van der Waals surface area (Å²) in [5, 5.41) is 2.89. The summed E-state index contributed by atoms with van der Waals surface area (Å²) in [5.74, 6) is 1.44. The van der Waals surface area contributed by atoms with Gasteiger partial charge in [0, 0.05) is 12.5 Å². The zero-order valence-corrected chi connectivity index (χ0v) is 11.8. The van der Waals surface area contributed by atoms with Gasteiger partial charge in [0.2, 0.25) is 5.91 Å². The number of aromatic amines is 1. The molecule has 4 nitrogen and oxygen atoms in total. The summed E-state index contributed by atoms with van der Waals surface area (Å²) in [4.78, 5) is 19.5. The van der Waals surface area contributed by atoms with Crippen LogP contribution in [0, 0.1) is 0 Å². The zero-order valence-electron chi connectivity index (χ0n) is 11.8. The summed E-state index contributed by atoms with van der Waals surface area (Å²) in [6, 6.07) is 5.96. The lowest BCUT2D eigenvalue weighted by Gasteiger charge is -2.03. The molecule has 0 atom stereocenters. The molecule has 1 heterocycles. The highest BCUT2D eigenvalue weighted by molar-refractivity contribution is 5.81. The smallest absolute Gasteiger partial charge is 0.224 e. The number of aromatic nitrogens is 2. The molecule has 19 heavy (non-hydrogen) atoms. The van der Waals surface area contributed by atoms with Crippen LogP contribution in [0.2, 0.25) is 0 Å². The minimum atomic E-state index is 0.0739. The number of fused-ring (bicyclic) bond motifs is 1. The lowest BCUT2D eigenvalue weighted by molar-refractivity contribution is -0.120. The van der Waals surface area contributed by atoms with E-state index in [1.54, 1.807) is 0 Å². The number of amides is 1. The predicted octanol–water partition coefficient (Wildman–Crippen LogP) is 2.76. The number of carbonyl (C=O) groups is 1. The van der Waals surface area contributed by atoms with Crippen LogP contribution in [0.25, 0.3) is 11.0 Å². The Morgan fingerprint density at radius 2 is 2.21 bits per heavy atom. The maximum atomic E-state index is 11.7. The Balaban J connectivity index is 2.14. The maximum absolute atomic E-state index is 11.7. The number of nitrogens with one attached hydrogen (secondary N) is 2. The zero-order chi connectivity index (χ0) is 13.8. The van der Waals surface area contributed by atoms with Crippen molar-refractivity contribution in [1.82, 2.24) is 15.3 Å². The van der Waals surface area contributed by atoms with Crippen molar-refractivity contribution >= 4 is 16.9 Å². The first kappa shape index (κ1) is 13.6. The first-order chi connectivity index (χ1) is 9.10. The number of H-pyrrole nitrogens is 1. The molecule has 0 bridgehead atoms. The van der Waals surface area contributed by atoms with Gasteiger partial charge in [-0.3, -0.25) is 4.79 Å². The van der Waals surface area contributed by atoms with E-state index in [0.717, 1.165) is 35.4 Å². The molecular formula is C15H21N3O. The molecule has 0 aliphatic heterocycles. The topological polar surface area (TPSA) is 57.8 Å². The fourth-order valence-corrected chi connectivity index (χ4v) is 1.97. The van der Waals surface area contributed by atoms with Crippen molar-refractivity contribution in [1.29, 1.82) is 0 Å². The summed E-state index contributed by atoms with van der Waals surface area (Å²) < 4.78 is 0. The molecule has 1 aromatic heterocycles. The second kappa shape index (κ2) is 5.87. The Bertz CT molecular complexity index is 572. The van der Waals surface area contributed by atoms with Crippen molar-refractivity contribution in [2.45, 2.75) is 39.5 Å². The molecule has 0 fully saturated rings. The van der Waals surface area contributed by atoms with Gasteiger partial charge < -0.3 is 10.3 Å². The molecule has 1 amide bonds. The van der Waals surface area contributed by atoms with Crippen LogP contribution in [0.1, 0.15) is 44.5 Å². The Morgan fingerprint density at radius 1 is 1.42 bits per heavy atom. The van der Waals surface area contributed by atoms with Crippen LogP contribution < -0.4 is 5.32 Å². The molecule has 2 rings (SSSR count). The molecule has 0 aliphatic carbocycles. The summed E-state index contributed by atoms with van der Waals surface area (Å²) in [6.07, 6.45) is 1.38. The molecule has 102 valence electrons. The van der Waals surface area contributed by atoms with Crippen molar-refractivity contribution in [3.63, 3.8) is 0 Å². The van der Waals surface area contributed by atoms with E-state index in [4.69, 9.17) is 0 Å². The third-order valence-corrected chi connectivity index (χ3v) is 3.05. The van der Waals surface area contributed by atoms with Crippen molar-refractivity contribution in [2.75, 3.05) is 6.54 Å². The average molecular weight is 259 g/mol. The number of imidazole rings is 1. The highest BCUT2D eigenvalue weighted by Crippen LogP contribution is 2.18. The van der Waals surface area contributed by atoms with Crippen LogP contribution >= 0.6 is 0 Å². The maximum Gasteiger partial charge on any atom is 0.224 e. The van der Waals surface area contributed by atoms with Gasteiger partial charge >= 0.3 is 0 Å². The Labute approximate surface area is 113 Å². The Hall–Kier alpha value is -1.84. The lowest BCUT2D eigenvalue weighted by atomic mass is 10.1. The molecule has 1 aromatic carbocycles. The Morgan fingerprint density at radius 3 is 2.89 bits per heavy atom. The standard InChI is InChI=1S/C15H21N3O/c1-4-7-16-14(19)9-11-5-6-12-13(8-11)18-15(17-12)10(2)3/h5-6,8,10H,4,7,9H2,1-3H3,(H,16,19)(H,17,18). The minimum absolute atomic E-state index is 0.0739. The van der Waals surface area contributed by atoms with Gasteiger partial charge in [-0.2, -0.15) is 0 Å². The molecule has 2 N–H and O–H groups in total. The molecule has 0 saturated heterocycles. The number of benzene rings is 1. The normalized spacial score (nSPS) is 11.2. The summed E-state index contributed by atoms with van der Waals surface area (Å²) >= 11 is 0. The summed E-state index contributed by atoms with van der Waals surface area (Å²) in [7, 11) is 0. The second-order valence-electron chi connectivity index (χ2n) is 5.15. The fraction of sp³-hybridized carbons (Fsp3) is 0.467. The van der Waals surface area contributed by atoms with Gasteiger partial charge in [-0.15, -0.1) is 0 Å². The molecule has 2 aromatic rings. The van der Waals surface area contributed by atoms with E-state index < -0.39 is 0 Å². The van der Waals surface area contributed by atoms with E-state index >= 15 is 0 Å². The van der Waals surface area contributed by atoms with Crippen LogP contribution in [-0.4, -0.2) is 22.4 Å². The van der Waals surface area contributed by atoms with Crippen LogP contribution in [0.15, 0.2) is 18.2 Å². The summed E-state index contributed by atoms with van der Waals surface area (Å²) in [5.41, 5.74) is 2.98. The van der Waals surface area contributed by atoms with Crippen LogP contribution in [-0.2, 0) is 11.2 Å². The third kappa shape index (κ3) is 3.34. The van der Waals surface area contributed by atoms with Crippen molar-refractivity contribution in [2.24, 2.45) is 0 Å². The first-order valence-electron chi connectivity index (χ1n) is 6.85. The van der Waals surface area contributed by atoms with Gasteiger partial charge in [-0.25, -0.2) is 4.98 Å². The largest absolute Gasteiger partial charge is 0.356 e. The number of carbonyl (C=O) groups excluding carboxylic acids is 1. The molecular weight excluding hydrogens is 238 g/mol. The number of nitrogens with zero attached hydrogens (tertiary/aromatic N) is 1. The van der Waals surface area contributed by atoms with Gasteiger partial charge in [-0.1, -0.05) is 26.8 Å². The van der Waals surface area contributed by atoms with Gasteiger partial charge in [0.15, 0.2) is 0 Å². The monoisotopic (exact) mass is 259 g/mol. The van der Waals surface area contributed by atoms with E-state index in [2.05, 4.69) is 29.1 Å². The first-order valence-corrected chi connectivity index (χ1v) is 6.85. The van der Waals surface area contributed by atoms with E-state index in [-0.39, 0.29) is 5.91 Å². The highest BCUT2D eigenvalue weighted by Gasteiger charge is 2.08. The quantitative estimate of drug-likeness (QED) is 0.867. The molecule has 0 unspecified atom stereocenters. The van der Waals surface area contributed by atoms with E-state index in [1.807, 2.05) is 25.1 Å². The van der Waals surface area contributed by atoms with Gasteiger partial charge in [-0.05, 0) is 24.1 Å². The van der Waals surface area contributed by atoms with Gasteiger partial charge in [0.1, 0.15) is 5.82 Å². The second-order valence-corrected chi connectivity index (χ2v) is 5.15. The van der Waals surface area contributed by atoms with Crippen LogP contribution in [0.4, 0.5) is 0 Å². The highest BCUT2D eigenvalue weighted by atomic mass is 16.1. The molecule has 0 spiro atoms. The molecule has 0 saturated carbocycles. The lowest BCUT2D eigenvalue weighted by Crippen LogP contribution is -2.25. The average Bonchev–Trinajstić information content (AvgIpc) is 2.79. The predicted molar refractivity (Wildman–Crippen MR) is 77.2 cm³/mol. The molecule has 0 aliphatic rings. The molecule has 4 heteroatoms. The minimum Gasteiger partial charge on any atom is -0.356 e. The van der Waals surface area contributed by atoms with Gasteiger partial charge in [0.25, 0.3) is 0 Å². The van der Waals surface area contributed by atoms with Crippen molar-refractivity contribution < 1.29 is 4.79 Å². The van der Waals surface area contributed by atoms with Crippen LogP contribution in [0.5, 0.6) is 0 Å².